The molecular weight excluding hydrogens is 385 g/mol. The van der Waals surface area contributed by atoms with E-state index in [0.717, 1.165) is 11.1 Å². The number of hydrogen-bond donors (Lipinski definition) is 1. The van der Waals surface area contributed by atoms with Crippen molar-refractivity contribution in [1.82, 2.24) is 10.1 Å². The Morgan fingerprint density at radius 3 is 2.67 bits per heavy atom. The van der Waals surface area contributed by atoms with Crippen LogP contribution in [0.4, 0.5) is 10.1 Å². The normalized spacial score (nSPS) is 10.6. The number of aryl methyl sites for hydroxylation is 1. The number of amides is 1. The van der Waals surface area contributed by atoms with E-state index >= 15 is 0 Å². The molecule has 30 heavy (non-hydrogen) atoms. The summed E-state index contributed by atoms with van der Waals surface area (Å²) < 4.78 is 24.5. The number of nitrogens with one attached hydrogen (secondary N) is 1. The van der Waals surface area contributed by atoms with E-state index in [4.69, 9.17) is 9.26 Å². The third kappa shape index (κ3) is 4.35. The molecule has 0 saturated heterocycles. The van der Waals surface area contributed by atoms with Crippen LogP contribution < -0.4 is 10.1 Å². The van der Waals surface area contributed by atoms with Gasteiger partial charge in [0.2, 0.25) is 5.82 Å². The number of halogens is 1. The fourth-order valence-electron chi connectivity index (χ4n) is 2.86. The lowest BCUT2D eigenvalue weighted by Crippen LogP contribution is -2.14. The Morgan fingerprint density at radius 2 is 1.83 bits per heavy atom. The standard InChI is InChI=1S/C23H18FN3O3/c1-15-11-12-17(24)13-19(15)25-23(28)18-9-5-6-10-20(18)29-14-21-26-22(27-30-21)16-7-3-2-4-8-16/h2-13H,14H2,1H3,(H,25,28). The molecule has 1 heterocycles. The van der Waals surface area contributed by atoms with Crippen LogP contribution in [0.3, 0.4) is 0 Å². The number of carbonyl (C=O) groups is 1. The van der Waals surface area contributed by atoms with Crippen LogP contribution in [0.5, 0.6) is 5.75 Å². The minimum atomic E-state index is -0.425. The van der Waals surface area contributed by atoms with Crippen molar-refractivity contribution in [2.45, 2.75) is 13.5 Å². The number of aromatic nitrogens is 2. The number of benzene rings is 3. The molecule has 0 aliphatic carbocycles. The predicted octanol–water partition coefficient (Wildman–Crippen LogP) is 5.02. The predicted molar refractivity (Wildman–Crippen MR) is 110 cm³/mol. The molecule has 0 aliphatic heterocycles. The molecule has 1 N–H and O–H groups in total. The van der Waals surface area contributed by atoms with Crippen molar-refractivity contribution in [2.24, 2.45) is 0 Å². The lowest BCUT2D eigenvalue weighted by atomic mass is 10.1. The van der Waals surface area contributed by atoms with Gasteiger partial charge in [-0.1, -0.05) is 53.7 Å². The molecule has 4 rings (SSSR count). The van der Waals surface area contributed by atoms with Gasteiger partial charge in [0.25, 0.3) is 11.8 Å². The van der Waals surface area contributed by atoms with Gasteiger partial charge in [-0.25, -0.2) is 4.39 Å². The van der Waals surface area contributed by atoms with E-state index in [1.54, 1.807) is 37.3 Å². The minimum absolute atomic E-state index is 0.00310. The zero-order valence-electron chi connectivity index (χ0n) is 16.1. The number of nitrogens with zero attached hydrogens (tertiary/aromatic N) is 2. The van der Waals surface area contributed by atoms with Crippen LogP contribution in [0.2, 0.25) is 0 Å². The molecule has 0 unspecified atom stereocenters. The summed E-state index contributed by atoms with van der Waals surface area (Å²) in [4.78, 5) is 17.0. The summed E-state index contributed by atoms with van der Waals surface area (Å²) in [5, 5.41) is 6.67. The monoisotopic (exact) mass is 403 g/mol. The topological polar surface area (TPSA) is 77.2 Å². The number of para-hydroxylation sites is 1. The highest BCUT2D eigenvalue weighted by Gasteiger charge is 2.15. The second kappa shape index (κ2) is 8.57. The fraction of sp³-hybridized carbons (Fsp3) is 0.0870. The maximum Gasteiger partial charge on any atom is 0.264 e. The largest absolute Gasteiger partial charge is 0.483 e. The molecule has 1 amide bonds. The molecule has 3 aromatic carbocycles. The smallest absolute Gasteiger partial charge is 0.264 e. The fourth-order valence-corrected chi connectivity index (χ4v) is 2.86. The molecule has 0 bridgehead atoms. The number of ether oxygens (including phenoxy) is 1. The highest BCUT2D eigenvalue weighted by Crippen LogP contribution is 2.23. The second-order valence-corrected chi connectivity index (χ2v) is 6.58. The maximum atomic E-state index is 13.5. The molecule has 1 aromatic heterocycles. The molecular formula is C23H18FN3O3. The SMILES string of the molecule is Cc1ccc(F)cc1NC(=O)c1ccccc1OCc1nc(-c2ccccc2)no1. The number of rotatable bonds is 6. The summed E-state index contributed by atoms with van der Waals surface area (Å²) >= 11 is 0. The van der Waals surface area contributed by atoms with Crippen molar-refractivity contribution in [2.75, 3.05) is 5.32 Å². The first-order valence-corrected chi connectivity index (χ1v) is 9.27. The van der Waals surface area contributed by atoms with Gasteiger partial charge in [0, 0.05) is 11.3 Å². The Kier molecular flexibility index (Phi) is 5.52. The first-order chi connectivity index (χ1) is 14.6. The summed E-state index contributed by atoms with van der Waals surface area (Å²) in [6, 6.07) is 20.4. The Bertz CT molecular complexity index is 1180. The van der Waals surface area contributed by atoms with E-state index in [2.05, 4.69) is 15.5 Å². The van der Waals surface area contributed by atoms with Gasteiger partial charge in [-0.2, -0.15) is 4.98 Å². The van der Waals surface area contributed by atoms with E-state index < -0.39 is 11.7 Å². The Morgan fingerprint density at radius 1 is 1.07 bits per heavy atom. The zero-order valence-corrected chi connectivity index (χ0v) is 16.1. The maximum absolute atomic E-state index is 13.5. The van der Waals surface area contributed by atoms with Gasteiger partial charge in [-0.15, -0.1) is 0 Å². The average molecular weight is 403 g/mol. The van der Waals surface area contributed by atoms with E-state index in [9.17, 15) is 9.18 Å². The number of carbonyl (C=O) groups excluding carboxylic acids is 1. The van der Waals surface area contributed by atoms with Crippen LogP contribution in [-0.2, 0) is 6.61 Å². The van der Waals surface area contributed by atoms with Crippen LogP contribution in [-0.4, -0.2) is 16.0 Å². The van der Waals surface area contributed by atoms with Gasteiger partial charge >= 0.3 is 0 Å². The molecule has 6 nitrogen and oxygen atoms in total. The van der Waals surface area contributed by atoms with Crippen LogP contribution >= 0.6 is 0 Å². The van der Waals surface area contributed by atoms with Crippen molar-refractivity contribution in [1.29, 1.82) is 0 Å². The minimum Gasteiger partial charge on any atom is -0.483 e. The third-order valence-corrected chi connectivity index (χ3v) is 4.43. The van der Waals surface area contributed by atoms with Crippen LogP contribution in [0.25, 0.3) is 11.4 Å². The Balaban J connectivity index is 1.48. The van der Waals surface area contributed by atoms with Gasteiger partial charge in [0.05, 0.1) is 5.56 Å². The third-order valence-electron chi connectivity index (χ3n) is 4.43. The zero-order chi connectivity index (χ0) is 20.9. The molecule has 0 aliphatic rings. The molecule has 0 atom stereocenters. The number of anilines is 1. The molecule has 7 heteroatoms. The van der Waals surface area contributed by atoms with Gasteiger partial charge in [-0.3, -0.25) is 4.79 Å². The summed E-state index contributed by atoms with van der Waals surface area (Å²) in [6.45, 7) is 1.79. The van der Waals surface area contributed by atoms with Crippen molar-refractivity contribution in [3.05, 3.63) is 95.6 Å². The molecule has 0 radical (unpaired) electrons. The quantitative estimate of drug-likeness (QED) is 0.489. The van der Waals surface area contributed by atoms with Gasteiger partial charge in [0.1, 0.15) is 11.6 Å². The highest BCUT2D eigenvalue weighted by molar-refractivity contribution is 6.06. The Hall–Kier alpha value is -4.00. The molecule has 4 aromatic rings. The van der Waals surface area contributed by atoms with Crippen molar-refractivity contribution >= 4 is 11.6 Å². The van der Waals surface area contributed by atoms with E-state index in [0.29, 0.717) is 22.8 Å². The number of hydrogen-bond acceptors (Lipinski definition) is 5. The van der Waals surface area contributed by atoms with Gasteiger partial charge in [0.15, 0.2) is 6.61 Å². The summed E-state index contributed by atoms with van der Waals surface area (Å²) in [6.07, 6.45) is 0. The van der Waals surface area contributed by atoms with Crippen molar-refractivity contribution in [3.63, 3.8) is 0 Å². The van der Waals surface area contributed by atoms with Crippen molar-refractivity contribution < 1.29 is 18.4 Å². The Labute approximate surface area is 172 Å². The molecule has 0 fully saturated rings. The first kappa shape index (κ1) is 19.3. The van der Waals surface area contributed by atoms with E-state index in [1.807, 2.05) is 30.3 Å². The first-order valence-electron chi connectivity index (χ1n) is 9.27. The van der Waals surface area contributed by atoms with Crippen LogP contribution in [0, 0.1) is 12.7 Å². The lowest BCUT2D eigenvalue weighted by Gasteiger charge is -2.12. The lowest BCUT2D eigenvalue weighted by molar-refractivity contribution is 0.102. The van der Waals surface area contributed by atoms with Gasteiger partial charge < -0.3 is 14.6 Å². The van der Waals surface area contributed by atoms with Crippen LogP contribution in [0.1, 0.15) is 21.8 Å². The average Bonchev–Trinajstić information content (AvgIpc) is 3.25. The highest BCUT2D eigenvalue weighted by atomic mass is 19.1. The summed E-state index contributed by atoms with van der Waals surface area (Å²) in [7, 11) is 0. The van der Waals surface area contributed by atoms with Gasteiger partial charge in [-0.05, 0) is 36.8 Å². The second-order valence-electron chi connectivity index (χ2n) is 6.58. The molecule has 150 valence electrons. The van der Waals surface area contributed by atoms with E-state index in [-0.39, 0.29) is 12.5 Å². The molecule has 0 saturated carbocycles. The summed E-state index contributed by atoms with van der Waals surface area (Å²) in [5.74, 6) is 0.260. The molecule has 0 spiro atoms. The van der Waals surface area contributed by atoms with Crippen molar-refractivity contribution in [3.8, 4) is 17.1 Å². The van der Waals surface area contributed by atoms with Crippen LogP contribution in [0.15, 0.2) is 77.3 Å². The summed E-state index contributed by atoms with van der Waals surface area (Å²) in [5.41, 5.74) is 2.29. The van der Waals surface area contributed by atoms with E-state index in [1.165, 1.54) is 12.1 Å².